The van der Waals surface area contributed by atoms with Crippen molar-refractivity contribution in [1.82, 2.24) is 0 Å². The fourth-order valence-corrected chi connectivity index (χ4v) is 0. The third kappa shape index (κ3) is 127. The predicted octanol–water partition coefficient (Wildman–Crippen LogP) is -0.601. The molecule has 0 aromatic carbocycles. The molecular formula is IrO5RuTi. The number of hydrogen-bond acceptors (Lipinski definition) is 1. The Morgan fingerprint density at radius 2 is 0.750 bits per heavy atom. The molecule has 0 atom stereocenters. The number of hydrogen-bond donors (Lipinski definition) is 0. The third-order valence-corrected chi connectivity index (χ3v) is 0. The Morgan fingerprint density at radius 1 is 0.750 bits per heavy atom. The van der Waals surface area contributed by atoms with E-state index in [2.05, 4.69) is 0 Å². The van der Waals surface area contributed by atoms with Crippen LogP contribution in [0.15, 0.2) is 0 Å². The van der Waals surface area contributed by atoms with Gasteiger partial charge in [-0.2, -0.15) is 0 Å². The van der Waals surface area contributed by atoms with Gasteiger partial charge < -0.3 is 21.9 Å². The summed E-state index contributed by atoms with van der Waals surface area (Å²) < 4.78 is 8.18. The summed E-state index contributed by atoms with van der Waals surface area (Å²) in [6.45, 7) is 0. The fraction of sp³-hybridized carbons (Fsp3) is 0. The number of rotatable bonds is 0. The summed E-state index contributed by atoms with van der Waals surface area (Å²) in [6.07, 6.45) is 0. The van der Waals surface area contributed by atoms with E-state index in [-0.39, 0.29) is 63.7 Å². The van der Waals surface area contributed by atoms with E-state index in [0.29, 0.717) is 0 Å². The standard InChI is InChI=1S/Ir.5O.Ru.Ti/q+3;;4*-2;+1;+4. The van der Waals surface area contributed by atoms with Gasteiger partial charge in [-0.3, -0.25) is 0 Å². The normalized spacial score (nSPS) is 0.500. The Labute approximate surface area is 85.0 Å². The Hall–Kier alpha value is 1.63. The molecule has 0 N–H and O–H groups in total. The molecule has 0 radical (unpaired) electrons. The molecule has 0 spiro atoms. The smallest absolute Gasteiger partial charge is 4.00 e. The first-order chi connectivity index (χ1) is 1.00. The van der Waals surface area contributed by atoms with Crippen LogP contribution in [-0.4, -0.2) is 0 Å². The van der Waals surface area contributed by atoms with Crippen LogP contribution < -0.4 is 0 Å². The van der Waals surface area contributed by atoms with Crippen molar-refractivity contribution in [2.24, 2.45) is 0 Å². The molecule has 0 fully saturated rings. The summed E-state index contributed by atoms with van der Waals surface area (Å²) in [6, 6.07) is 0. The summed E-state index contributed by atoms with van der Waals surface area (Å²) in [5, 5.41) is 0. The molecule has 8 heavy (non-hydrogen) atoms. The first-order valence-corrected chi connectivity index (χ1v) is 0.854. The maximum Gasteiger partial charge on any atom is 4.00 e. The Balaban J connectivity index is -0.000000000333. The first kappa shape index (κ1) is 104. The summed E-state index contributed by atoms with van der Waals surface area (Å²) in [5.74, 6) is 0. The van der Waals surface area contributed by atoms with Crippen LogP contribution in [0.4, 0.5) is 0 Å². The molecular weight excluding hydrogens is 421 g/mol. The molecule has 0 saturated heterocycles. The quantitative estimate of drug-likeness (QED) is 0.475. The Bertz CT molecular complexity index is 12.4. The van der Waals surface area contributed by atoms with E-state index in [4.69, 9.17) is 3.57 Å². The minimum Gasteiger partial charge on any atom is 4.00 e. The van der Waals surface area contributed by atoms with Gasteiger partial charge in [0.05, 0.1) is 0 Å². The van der Waals surface area contributed by atoms with Crippen LogP contribution in [0.1, 0.15) is 0 Å². The third-order valence-electron chi connectivity index (χ3n) is 0. The molecule has 0 heterocycles. The van der Waals surface area contributed by atoms with Crippen molar-refractivity contribution < 1.29 is 85.6 Å². The average molecular weight is 421 g/mol. The van der Waals surface area contributed by atoms with E-state index >= 15 is 0 Å². The van der Waals surface area contributed by atoms with Crippen LogP contribution in [-0.2, 0) is 85.6 Å². The van der Waals surface area contributed by atoms with Gasteiger partial charge in [0.2, 0.25) is 0 Å². The summed E-state index contributed by atoms with van der Waals surface area (Å²) in [4.78, 5) is 0. The van der Waals surface area contributed by atoms with Crippen LogP contribution in [0.5, 0.6) is 0 Å². The van der Waals surface area contributed by atoms with Gasteiger partial charge in [0.1, 0.15) is 0 Å². The van der Waals surface area contributed by atoms with Gasteiger partial charge in [0.25, 0.3) is 0 Å². The molecule has 0 aliphatic rings. The van der Waals surface area contributed by atoms with Crippen molar-refractivity contribution in [2.45, 2.75) is 0 Å². The Morgan fingerprint density at radius 3 is 0.750 bits per heavy atom. The molecule has 0 aromatic heterocycles. The maximum absolute atomic E-state index is 8.18. The largest absolute Gasteiger partial charge is 4.00 e. The van der Waals surface area contributed by atoms with Gasteiger partial charge in [-0.15, -0.1) is 0 Å². The summed E-state index contributed by atoms with van der Waals surface area (Å²) in [7, 11) is 0. The van der Waals surface area contributed by atoms with E-state index in [9.17, 15) is 0 Å². The molecule has 5 nitrogen and oxygen atoms in total. The summed E-state index contributed by atoms with van der Waals surface area (Å²) in [5.41, 5.74) is 0. The molecule has 0 aliphatic heterocycles. The van der Waals surface area contributed by atoms with Crippen LogP contribution in [0, 0.1) is 0 Å². The van der Waals surface area contributed by atoms with Gasteiger partial charge >= 0.3 is 63.6 Å². The zero-order chi connectivity index (χ0) is 2.00. The van der Waals surface area contributed by atoms with Crippen molar-refractivity contribution in [1.29, 1.82) is 0 Å². The Kier molecular flexibility index (Phi) is 2460. The van der Waals surface area contributed by atoms with Crippen LogP contribution in [0.3, 0.4) is 0 Å². The molecule has 51 valence electrons. The second kappa shape index (κ2) is 190. The van der Waals surface area contributed by atoms with Gasteiger partial charge in [0.15, 0.2) is 0 Å². The zero-order valence-electron chi connectivity index (χ0n) is 3.23. The van der Waals surface area contributed by atoms with E-state index in [1.165, 1.54) is 0 Å². The molecule has 0 saturated carbocycles. The molecule has 0 unspecified atom stereocenters. The molecule has 0 aliphatic carbocycles. The molecule has 8 heteroatoms. The van der Waals surface area contributed by atoms with E-state index in [1.807, 2.05) is 0 Å². The van der Waals surface area contributed by atoms with Gasteiger partial charge in [-0.05, 0) is 0 Å². The van der Waals surface area contributed by atoms with E-state index in [1.54, 1.807) is 0 Å². The zero-order valence-corrected chi connectivity index (χ0v) is 8.92. The SMILES string of the molecule is [Ir+3].[O-2].[O-2].[O-2].[O-2].[O]=[Ru+].[Ti+4]. The van der Waals surface area contributed by atoms with Gasteiger partial charge in [0, 0.05) is 0 Å². The van der Waals surface area contributed by atoms with Crippen molar-refractivity contribution in [3.05, 3.63) is 0 Å². The summed E-state index contributed by atoms with van der Waals surface area (Å²) >= 11 is 1.10. The first-order valence-electron chi connectivity index (χ1n) is 0.144. The van der Waals surface area contributed by atoms with Crippen LogP contribution in [0.2, 0.25) is 0 Å². The maximum atomic E-state index is 8.18. The van der Waals surface area contributed by atoms with Crippen molar-refractivity contribution in [3.63, 3.8) is 0 Å². The molecule has 0 aromatic rings. The average Bonchev–Trinajstić information content (AvgIpc) is 1.00. The van der Waals surface area contributed by atoms with Crippen LogP contribution >= 0.6 is 0 Å². The van der Waals surface area contributed by atoms with Crippen molar-refractivity contribution in [3.8, 4) is 0 Å². The molecule has 0 bridgehead atoms. The predicted molar refractivity (Wildman–Crippen MR) is 3.43 cm³/mol. The van der Waals surface area contributed by atoms with E-state index in [0.717, 1.165) is 18.3 Å². The van der Waals surface area contributed by atoms with Crippen molar-refractivity contribution in [2.75, 3.05) is 0 Å². The van der Waals surface area contributed by atoms with E-state index < -0.39 is 0 Å². The topological polar surface area (TPSA) is 131 Å². The molecule has 0 rings (SSSR count). The minimum absolute atomic E-state index is 0. The van der Waals surface area contributed by atoms with Gasteiger partial charge in [-0.25, -0.2) is 0 Å². The second-order valence-electron chi connectivity index (χ2n) is 0. The second-order valence-corrected chi connectivity index (χ2v) is 0. The van der Waals surface area contributed by atoms with Crippen LogP contribution in [0.25, 0.3) is 0 Å². The van der Waals surface area contributed by atoms with Crippen molar-refractivity contribution >= 4 is 0 Å². The van der Waals surface area contributed by atoms with Gasteiger partial charge in [-0.1, -0.05) is 0 Å². The molecule has 0 amide bonds. The minimum atomic E-state index is 0. The monoisotopic (exact) mass is 423 g/mol. The fourth-order valence-electron chi connectivity index (χ4n) is 0.